The molecule has 0 bridgehead atoms. The third-order valence-corrected chi connectivity index (χ3v) is 4.29. The van der Waals surface area contributed by atoms with E-state index in [0.29, 0.717) is 49.5 Å². The Morgan fingerprint density at radius 1 is 1.03 bits per heavy atom. The minimum Gasteiger partial charge on any atom is -0.468 e. The van der Waals surface area contributed by atoms with Gasteiger partial charge in [-0.1, -0.05) is 30.8 Å². The molecule has 0 fully saturated rings. The highest BCUT2D eigenvalue weighted by Gasteiger charge is 2.08. The predicted octanol–water partition coefficient (Wildman–Crippen LogP) is 4.37. The predicted molar refractivity (Wildman–Crippen MR) is 114 cm³/mol. The van der Waals surface area contributed by atoms with Crippen LogP contribution in [0.4, 0.5) is 0 Å². The summed E-state index contributed by atoms with van der Waals surface area (Å²) in [6.45, 7) is 8.24. The van der Waals surface area contributed by atoms with E-state index in [1.54, 1.807) is 25.1 Å². The number of benzene rings is 2. The number of hydrogen-bond acceptors (Lipinski definition) is 6. The molecule has 0 radical (unpaired) electrons. The first-order valence-electron chi connectivity index (χ1n) is 9.39. The van der Waals surface area contributed by atoms with Crippen molar-refractivity contribution in [2.45, 2.75) is 26.7 Å². The van der Waals surface area contributed by atoms with Crippen LogP contribution < -0.4 is 9.47 Å². The Kier molecular flexibility index (Phi) is 8.56. The molecule has 0 aliphatic rings. The fourth-order valence-electron chi connectivity index (χ4n) is 2.71. The second-order valence-corrected chi connectivity index (χ2v) is 6.68. The summed E-state index contributed by atoms with van der Waals surface area (Å²) in [6.07, 6.45) is 3.28. The van der Waals surface area contributed by atoms with Gasteiger partial charge in [-0.05, 0) is 67.7 Å². The summed E-state index contributed by atoms with van der Waals surface area (Å²) in [5, 5.41) is 0. The molecule has 0 aliphatic heterocycles. The molecule has 6 heteroatoms. The molecular formula is C24H24O6. The van der Waals surface area contributed by atoms with Crippen molar-refractivity contribution < 1.29 is 28.6 Å². The molecule has 0 spiro atoms. The van der Waals surface area contributed by atoms with Gasteiger partial charge in [-0.2, -0.15) is 0 Å². The van der Waals surface area contributed by atoms with Gasteiger partial charge >= 0.3 is 5.97 Å². The normalized spacial score (nSPS) is 10.8. The topological polar surface area (TPSA) is 78.9 Å². The molecule has 156 valence electrons. The van der Waals surface area contributed by atoms with E-state index in [-0.39, 0.29) is 0 Å². The lowest BCUT2D eigenvalue weighted by atomic mass is 10.0. The fraction of sp³-hybridized carbons (Fsp3) is 0.208. The monoisotopic (exact) mass is 408 g/mol. The number of hydrogen-bond donors (Lipinski definition) is 0. The van der Waals surface area contributed by atoms with E-state index < -0.39 is 5.97 Å². The van der Waals surface area contributed by atoms with Crippen LogP contribution in [0.15, 0.2) is 54.6 Å². The van der Waals surface area contributed by atoms with Crippen LogP contribution in [-0.2, 0) is 25.5 Å². The van der Waals surface area contributed by atoms with Gasteiger partial charge in [-0.25, -0.2) is 4.79 Å². The van der Waals surface area contributed by atoms with Crippen molar-refractivity contribution in [3.05, 3.63) is 71.3 Å². The Hall–Kier alpha value is -3.67. The van der Waals surface area contributed by atoms with Gasteiger partial charge in [0.05, 0.1) is 6.61 Å². The lowest BCUT2D eigenvalue weighted by Crippen LogP contribution is -2.07. The molecule has 2 aromatic carbocycles. The van der Waals surface area contributed by atoms with E-state index in [1.807, 2.05) is 37.3 Å². The van der Waals surface area contributed by atoms with Crippen molar-refractivity contribution in [1.29, 1.82) is 0 Å². The molecule has 0 heterocycles. The third kappa shape index (κ3) is 6.74. The molecule has 0 saturated carbocycles. The van der Waals surface area contributed by atoms with Crippen molar-refractivity contribution >= 4 is 30.6 Å². The van der Waals surface area contributed by atoms with Gasteiger partial charge in [0, 0.05) is 11.1 Å². The minimum atomic E-state index is -0.469. The van der Waals surface area contributed by atoms with Crippen LogP contribution in [0.5, 0.6) is 11.5 Å². The van der Waals surface area contributed by atoms with Gasteiger partial charge in [-0.15, -0.1) is 0 Å². The lowest BCUT2D eigenvalue weighted by Gasteiger charge is -2.09. The zero-order valence-electron chi connectivity index (χ0n) is 17.1. The number of aryl methyl sites for hydroxylation is 1. The average Bonchev–Trinajstić information content (AvgIpc) is 2.73. The fourth-order valence-corrected chi connectivity index (χ4v) is 2.71. The van der Waals surface area contributed by atoms with Gasteiger partial charge in [0.25, 0.3) is 12.9 Å². The van der Waals surface area contributed by atoms with E-state index >= 15 is 0 Å². The van der Waals surface area contributed by atoms with Crippen LogP contribution >= 0.6 is 0 Å². The highest BCUT2D eigenvalue weighted by molar-refractivity contribution is 5.89. The van der Waals surface area contributed by atoms with E-state index in [9.17, 15) is 14.4 Å². The maximum Gasteiger partial charge on any atom is 0.338 e. The number of rotatable bonds is 11. The first kappa shape index (κ1) is 22.6. The van der Waals surface area contributed by atoms with Crippen LogP contribution in [0.2, 0.25) is 0 Å². The number of carbonyl (C=O) groups excluding carboxylic acids is 3. The van der Waals surface area contributed by atoms with Crippen LogP contribution in [0.25, 0.3) is 11.6 Å². The number of ether oxygens (including phenoxy) is 3. The molecule has 0 N–H and O–H groups in total. The van der Waals surface area contributed by atoms with Gasteiger partial charge in [-0.3, -0.25) is 9.59 Å². The largest absolute Gasteiger partial charge is 0.468 e. The SMILES string of the molecule is C=C(C)C(=O)Oc1ccc(/C(C)=C/c2ccc(CCCOC=O)cc2OC=O)cc1. The Bertz CT molecular complexity index is 941. The van der Waals surface area contributed by atoms with Crippen molar-refractivity contribution in [3.63, 3.8) is 0 Å². The Balaban J connectivity index is 2.17. The molecule has 2 rings (SSSR count). The average molecular weight is 408 g/mol. The summed E-state index contributed by atoms with van der Waals surface area (Å²) in [4.78, 5) is 32.7. The number of allylic oxidation sites excluding steroid dienone is 1. The van der Waals surface area contributed by atoms with Crippen molar-refractivity contribution in [2.75, 3.05) is 6.61 Å². The second kappa shape index (κ2) is 11.4. The lowest BCUT2D eigenvalue weighted by molar-refractivity contribution is -0.130. The van der Waals surface area contributed by atoms with Gasteiger partial charge < -0.3 is 14.2 Å². The smallest absolute Gasteiger partial charge is 0.338 e. The molecule has 0 aromatic heterocycles. The Morgan fingerprint density at radius 3 is 2.40 bits per heavy atom. The summed E-state index contributed by atoms with van der Waals surface area (Å²) in [6, 6.07) is 12.7. The molecule has 0 aliphatic carbocycles. The molecule has 2 aromatic rings. The van der Waals surface area contributed by atoms with E-state index in [4.69, 9.17) is 14.2 Å². The second-order valence-electron chi connectivity index (χ2n) is 6.68. The van der Waals surface area contributed by atoms with Crippen molar-refractivity contribution in [3.8, 4) is 11.5 Å². The Labute approximate surface area is 175 Å². The first-order chi connectivity index (χ1) is 14.4. The summed E-state index contributed by atoms with van der Waals surface area (Å²) in [5.74, 6) is 0.418. The molecule has 6 nitrogen and oxygen atoms in total. The highest BCUT2D eigenvalue weighted by atomic mass is 16.5. The van der Waals surface area contributed by atoms with Crippen molar-refractivity contribution in [1.82, 2.24) is 0 Å². The number of esters is 1. The Morgan fingerprint density at radius 2 is 1.77 bits per heavy atom. The van der Waals surface area contributed by atoms with Gasteiger partial charge in [0.1, 0.15) is 11.5 Å². The summed E-state index contributed by atoms with van der Waals surface area (Å²) in [7, 11) is 0. The molecular weight excluding hydrogens is 384 g/mol. The van der Waals surface area contributed by atoms with Gasteiger partial charge in [0.15, 0.2) is 0 Å². The molecule has 0 unspecified atom stereocenters. The molecule has 0 saturated heterocycles. The van der Waals surface area contributed by atoms with E-state index in [0.717, 1.165) is 22.3 Å². The van der Waals surface area contributed by atoms with Crippen LogP contribution in [0, 0.1) is 0 Å². The molecule has 30 heavy (non-hydrogen) atoms. The maximum atomic E-state index is 11.6. The maximum absolute atomic E-state index is 11.6. The molecule has 0 amide bonds. The number of carbonyl (C=O) groups is 3. The quantitative estimate of drug-likeness (QED) is 0.137. The van der Waals surface area contributed by atoms with Crippen molar-refractivity contribution in [2.24, 2.45) is 0 Å². The zero-order valence-corrected chi connectivity index (χ0v) is 17.1. The van der Waals surface area contributed by atoms with Gasteiger partial charge in [0.2, 0.25) is 0 Å². The zero-order chi connectivity index (χ0) is 21.9. The molecule has 0 atom stereocenters. The van der Waals surface area contributed by atoms with E-state index in [2.05, 4.69) is 6.58 Å². The van der Waals surface area contributed by atoms with E-state index in [1.165, 1.54) is 0 Å². The van der Waals surface area contributed by atoms with Crippen LogP contribution in [0.3, 0.4) is 0 Å². The summed E-state index contributed by atoms with van der Waals surface area (Å²) >= 11 is 0. The minimum absolute atomic E-state index is 0.331. The highest BCUT2D eigenvalue weighted by Crippen LogP contribution is 2.27. The van der Waals surface area contributed by atoms with Crippen LogP contribution in [-0.4, -0.2) is 25.5 Å². The third-order valence-electron chi connectivity index (χ3n) is 4.29. The summed E-state index contributed by atoms with van der Waals surface area (Å²) in [5.41, 5.74) is 3.93. The first-order valence-corrected chi connectivity index (χ1v) is 9.39. The van der Waals surface area contributed by atoms with Crippen LogP contribution in [0.1, 0.15) is 37.0 Å². The summed E-state index contributed by atoms with van der Waals surface area (Å²) < 4.78 is 15.0. The standard InChI is InChI=1S/C24H24O6/c1-17(2)24(27)30-22-10-8-20(9-11-22)18(3)13-21-7-6-19(5-4-12-28-15-25)14-23(21)29-16-26/h6-11,13-16H,1,4-5,12H2,2-3H3/b18-13+.